The van der Waals surface area contributed by atoms with Gasteiger partial charge in [0.1, 0.15) is 5.82 Å². The van der Waals surface area contributed by atoms with Crippen LogP contribution in [0.1, 0.15) is 15.9 Å². The normalized spacial score (nSPS) is 14.2. The van der Waals surface area contributed by atoms with Gasteiger partial charge in [-0.2, -0.15) is 0 Å². The second-order valence-corrected chi connectivity index (χ2v) is 6.12. The quantitative estimate of drug-likeness (QED) is 0.878. The van der Waals surface area contributed by atoms with Crippen molar-refractivity contribution in [2.75, 3.05) is 24.5 Å². The van der Waals surface area contributed by atoms with Gasteiger partial charge in [0.2, 0.25) is 5.91 Å². The minimum absolute atomic E-state index is 0.00403. The number of hydrogen-bond donors (Lipinski definition) is 2. The zero-order valence-corrected chi connectivity index (χ0v) is 14.1. The molecule has 1 aliphatic rings. The Balaban J connectivity index is 1.62. The van der Waals surface area contributed by atoms with E-state index in [4.69, 9.17) is 11.6 Å². The number of rotatable bonds is 4. The molecular formula is C18H17ClFN3O2. The van der Waals surface area contributed by atoms with Gasteiger partial charge in [0.15, 0.2) is 0 Å². The minimum Gasteiger partial charge on any atom is -0.360 e. The Morgan fingerprint density at radius 3 is 2.68 bits per heavy atom. The molecule has 7 heteroatoms. The zero-order valence-electron chi connectivity index (χ0n) is 13.4. The van der Waals surface area contributed by atoms with Gasteiger partial charge in [-0.3, -0.25) is 9.59 Å². The molecule has 3 rings (SSSR count). The number of halogens is 2. The highest BCUT2D eigenvalue weighted by atomic mass is 35.5. The van der Waals surface area contributed by atoms with E-state index < -0.39 is 11.7 Å². The zero-order chi connectivity index (χ0) is 17.8. The van der Waals surface area contributed by atoms with Crippen LogP contribution in [-0.4, -0.2) is 31.4 Å². The summed E-state index contributed by atoms with van der Waals surface area (Å²) in [6, 6.07) is 11.7. The molecule has 1 fully saturated rings. The van der Waals surface area contributed by atoms with Crippen molar-refractivity contribution in [3.05, 3.63) is 64.4 Å². The molecule has 0 saturated carbocycles. The summed E-state index contributed by atoms with van der Waals surface area (Å²) in [5.74, 6) is -1.20. The van der Waals surface area contributed by atoms with Crippen LogP contribution in [-0.2, 0) is 11.3 Å². The van der Waals surface area contributed by atoms with Crippen molar-refractivity contribution in [3.63, 3.8) is 0 Å². The fourth-order valence-electron chi connectivity index (χ4n) is 2.67. The van der Waals surface area contributed by atoms with Crippen molar-refractivity contribution in [2.24, 2.45) is 0 Å². The van der Waals surface area contributed by atoms with Crippen molar-refractivity contribution < 1.29 is 14.0 Å². The fourth-order valence-corrected chi connectivity index (χ4v) is 2.92. The summed E-state index contributed by atoms with van der Waals surface area (Å²) < 4.78 is 13.7. The number of nitrogens with one attached hydrogen (secondary N) is 2. The predicted octanol–water partition coefficient (Wildman–Crippen LogP) is 2.35. The summed E-state index contributed by atoms with van der Waals surface area (Å²) in [4.78, 5) is 25.5. The fraction of sp³-hybridized carbons (Fsp3) is 0.222. The molecule has 0 aliphatic carbocycles. The van der Waals surface area contributed by atoms with E-state index >= 15 is 0 Å². The van der Waals surface area contributed by atoms with Crippen LogP contribution in [0.5, 0.6) is 0 Å². The van der Waals surface area contributed by atoms with Crippen LogP contribution in [0.15, 0.2) is 42.5 Å². The number of benzene rings is 2. The van der Waals surface area contributed by atoms with Gasteiger partial charge in [-0.25, -0.2) is 4.39 Å². The largest absolute Gasteiger partial charge is 0.360 e. The number of carbonyl (C=O) groups excluding carboxylic acids is 2. The van der Waals surface area contributed by atoms with Crippen LogP contribution in [0.2, 0.25) is 5.02 Å². The van der Waals surface area contributed by atoms with Crippen molar-refractivity contribution in [2.45, 2.75) is 6.54 Å². The molecule has 0 aromatic heterocycles. The van der Waals surface area contributed by atoms with Crippen molar-refractivity contribution >= 4 is 29.1 Å². The van der Waals surface area contributed by atoms with Crippen molar-refractivity contribution in [3.8, 4) is 0 Å². The van der Waals surface area contributed by atoms with E-state index in [0.717, 1.165) is 17.8 Å². The molecule has 0 radical (unpaired) electrons. The van der Waals surface area contributed by atoms with Gasteiger partial charge in [0, 0.05) is 25.3 Å². The highest BCUT2D eigenvalue weighted by Gasteiger charge is 2.17. The summed E-state index contributed by atoms with van der Waals surface area (Å²) in [6.07, 6.45) is 0. The van der Waals surface area contributed by atoms with Crippen molar-refractivity contribution in [1.29, 1.82) is 0 Å². The van der Waals surface area contributed by atoms with Gasteiger partial charge in [0.25, 0.3) is 5.91 Å². The Morgan fingerprint density at radius 1 is 1.24 bits per heavy atom. The summed E-state index contributed by atoms with van der Waals surface area (Å²) in [5.41, 5.74) is 1.66. The van der Waals surface area contributed by atoms with Crippen LogP contribution in [0, 0.1) is 5.82 Å². The van der Waals surface area contributed by atoms with Crippen LogP contribution >= 0.6 is 11.6 Å². The molecule has 130 valence electrons. The van der Waals surface area contributed by atoms with E-state index in [1.165, 1.54) is 18.2 Å². The first-order valence-electron chi connectivity index (χ1n) is 7.87. The van der Waals surface area contributed by atoms with Crippen LogP contribution < -0.4 is 15.5 Å². The SMILES string of the molecule is O=C1CN(c2ccc(CNC(=O)c3c(F)cccc3Cl)cc2)CCN1. The van der Waals surface area contributed by atoms with Gasteiger partial charge in [0.05, 0.1) is 17.1 Å². The van der Waals surface area contributed by atoms with Crippen LogP contribution in [0.3, 0.4) is 0 Å². The molecule has 1 heterocycles. The summed E-state index contributed by atoms with van der Waals surface area (Å²) in [6.45, 7) is 1.97. The lowest BCUT2D eigenvalue weighted by Crippen LogP contribution is -2.47. The molecule has 0 atom stereocenters. The topological polar surface area (TPSA) is 61.4 Å². The Bertz CT molecular complexity index is 775. The Labute approximate surface area is 149 Å². The Morgan fingerprint density at radius 2 is 2.00 bits per heavy atom. The van der Waals surface area contributed by atoms with Gasteiger partial charge >= 0.3 is 0 Å². The first kappa shape index (κ1) is 17.2. The first-order valence-corrected chi connectivity index (χ1v) is 8.25. The maximum absolute atomic E-state index is 13.7. The third-order valence-corrected chi connectivity index (χ3v) is 4.30. The van der Waals surface area contributed by atoms with E-state index in [1.54, 1.807) is 0 Å². The Hall–Kier alpha value is -2.60. The molecule has 2 aromatic rings. The molecule has 25 heavy (non-hydrogen) atoms. The van der Waals surface area contributed by atoms with Gasteiger partial charge in [-0.1, -0.05) is 29.8 Å². The lowest BCUT2D eigenvalue weighted by atomic mass is 10.1. The number of piperazine rings is 1. The molecule has 2 aromatic carbocycles. The second-order valence-electron chi connectivity index (χ2n) is 5.72. The highest BCUT2D eigenvalue weighted by Crippen LogP contribution is 2.19. The minimum atomic E-state index is -0.649. The average Bonchev–Trinajstić information content (AvgIpc) is 2.60. The van der Waals surface area contributed by atoms with Gasteiger partial charge in [-0.15, -0.1) is 0 Å². The smallest absolute Gasteiger partial charge is 0.256 e. The molecule has 0 unspecified atom stereocenters. The molecule has 0 spiro atoms. The molecule has 5 nitrogen and oxygen atoms in total. The lowest BCUT2D eigenvalue weighted by Gasteiger charge is -2.28. The summed E-state index contributed by atoms with van der Waals surface area (Å²) >= 11 is 5.89. The average molecular weight is 362 g/mol. The third kappa shape index (κ3) is 4.09. The molecule has 2 N–H and O–H groups in total. The predicted molar refractivity (Wildman–Crippen MR) is 94.2 cm³/mol. The molecular weight excluding hydrogens is 345 g/mol. The number of nitrogens with zero attached hydrogens (tertiary/aromatic N) is 1. The first-order chi connectivity index (χ1) is 12.0. The number of amides is 2. The number of hydrogen-bond acceptors (Lipinski definition) is 3. The molecule has 2 amide bonds. The lowest BCUT2D eigenvalue weighted by molar-refractivity contribution is -0.120. The highest BCUT2D eigenvalue weighted by molar-refractivity contribution is 6.33. The van der Waals surface area contributed by atoms with Gasteiger partial charge in [-0.05, 0) is 29.8 Å². The van der Waals surface area contributed by atoms with E-state index in [1.807, 2.05) is 29.2 Å². The van der Waals surface area contributed by atoms with Crippen molar-refractivity contribution in [1.82, 2.24) is 10.6 Å². The van der Waals surface area contributed by atoms with E-state index in [2.05, 4.69) is 10.6 Å². The molecule has 1 aliphatic heterocycles. The van der Waals surface area contributed by atoms with Crippen LogP contribution in [0.25, 0.3) is 0 Å². The van der Waals surface area contributed by atoms with E-state index in [9.17, 15) is 14.0 Å². The standard InChI is InChI=1S/C18H17ClFN3O2/c19-14-2-1-3-15(20)17(14)18(25)22-10-12-4-6-13(7-5-12)23-9-8-21-16(24)11-23/h1-7H,8-11H2,(H,21,24)(H,22,25). The van der Waals surface area contributed by atoms with E-state index in [0.29, 0.717) is 13.1 Å². The summed E-state index contributed by atoms with van der Waals surface area (Å²) in [7, 11) is 0. The molecule has 1 saturated heterocycles. The Kier molecular flexibility index (Phi) is 5.19. The maximum Gasteiger partial charge on any atom is 0.256 e. The van der Waals surface area contributed by atoms with E-state index in [-0.39, 0.29) is 23.0 Å². The van der Waals surface area contributed by atoms with Crippen LogP contribution in [0.4, 0.5) is 10.1 Å². The maximum atomic E-state index is 13.7. The third-order valence-electron chi connectivity index (χ3n) is 3.98. The summed E-state index contributed by atoms with van der Waals surface area (Å²) in [5, 5.41) is 5.52. The second kappa shape index (κ2) is 7.53. The monoisotopic (exact) mass is 361 g/mol. The number of anilines is 1. The molecule has 0 bridgehead atoms. The number of carbonyl (C=O) groups is 2. The van der Waals surface area contributed by atoms with Gasteiger partial charge < -0.3 is 15.5 Å².